The molecule has 4 nitrogen and oxygen atoms in total. The summed E-state index contributed by atoms with van der Waals surface area (Å²) in [6.07, 6.45) is 1.64. The van der Waals surface area contributed by atoms with Crippen LogP contribution in [0.4, 0.5) is 0 Å². The highest BCUT2D eigenvalue weighted by Gasteiger charge is 2.08. The molecule has 0 aliphatic carbocycles. The summed E-state index contributed by atoms with van der Waals surface area (Å²) in [6, 6.07) is 14.7. The van der Waals surface area contributed by atoms with Crippen LogP contribution in [0, 0.1) is 4.77 Å². The maximum Gasteiger partial charge on any atom is 0.216 e. The van der Waals surface area contributed by atoms with Gasteiger partial charge in [0.1, 0.15) is 0 Å². The molecule has 1 heterocycles. The molecule has 0 saturated heterocycles. The first-order valence-corrected chi connectivity index (χ1v) is 7.54. The Morgan fingerprint density at radius 3 is 2.73 bits per heavy atom. The molecule has 0 unspecified atom stereocenters. The van der Waals surface area contributed by atoms with Gasteiger partial charge < -0.3 is 0 Å². The molecule has 3 rings (SSSR count). The second kappa shape index (κ2) is 6.44. The molecule has 3 aromatic rings. The highest BCUT2D eigenvalue weighted by atomic mass is 35.5. The first kappa shape index (κ1) is 15.0. The summed E-state index contributed by atoms with van der Waals surface area (Å²) >= 11 is 17.4. The van der Waals surface area contributed by atoms with Gasteiger partial charge in [0.05, 0.1) is 6.21 Å². The van der Waals surface area contributed by atoms with Crippen LogP contribution in [0.2, 0.25) is 10.0 Å². The third-order valence-electron chi connectivity index (χ3n) is 2.95. The molecule has 1 aromatic heterocycles. The molecule has 0 saturated carbocycles. The van der Waals surface area contributed by atoms with E-state index >= 15 is 0 Å². The standard InChI is InChI=1S/C15H10Cl2N4S/c16-12-6-3-5-10(8-12)14-19-20-15(22)21(14)18-9-11-4-1-2-7-13(11)17/h1-9H,(H,20,22). The molecule has 0 aliphatic rings. The van der Waals surface area contributed by atoms with Crippen LogP contribution < -0.4 is 0 Å². The molecule has 22 heavy (non-hydrogen) atoms. The second-order valence-electron chi connectivity index (χ2n) is 4.44. The Kier molecular flexibility index (Phi) is 4.38. The summed E-state index contributed by atoms with van der Waals surface area (Å²) < 4.78 is 1.92. The van der Waals surface area contributed by atoms with Gasteiger partial charge in [0, 0.05) is 21.2 Å². The van der Waals surface area contributed by atoms with Crippen molar-refractivity contribution < 1.29 is 0 Å². The fraction of sp³-hybridized carbons (Fsp3) is 0. The summed E-state index contributed by atoms with van der Waals surface area (Å²) in [7, 11) is 0. The number of aromatic amines is 1. The van der Waals surface area contributed by atoms with Crippen molar-refractivity contribution in [3.05, 3.63) is 68.9 Å². The topological polar surface area (TPSA) is 46.0 Å². The maximum atomic E-state index is 6.11. The van der Waals surface area contributed by atoms with Crippen LogP contribution in [0.15, 0.2) is 53.6 Å². The Balaban J connectivity index is 2.04. The summed E-state index contributed by atoms with van der Waals surface area (Å²) in [5.41, 5.74) is 1.61. The average Bonchev–Trinajstić information content (AvgIpc) is 2.87. The van der Waals surface area contributed by atoms with E-state index < -0.39 is 0 Å². The van der Waals surface area contributed by atoms with E-state index in [-0.39, 0.29) is 0 Å². The van der Waals surface area contributed by atoms with Gasteiger partial charge in [-0.2, -0.15) is 14.9 Å². The first-order valence-electron chi connectivity index (χ1n) is 6.37. The van der Waals surface area contributed by atoms with Crippen LogP contribution in [-0.4, -0.2) is 21.1 Å². The van der Waals surface area contributed by atoms with Crippen molar-refractivity contribution in [3.63, 3.8) is 0 Å². The van der Waals surface area contributed by atoms with E-state index in [0.717, 1.165) is 11.1 Å². The molecular weight excluding hydrogens is 339 g/mol. The summed E-state index contributed by atoms with van der Waals surface area (Å²) in [6.45, 7) is 0. The van der Waals surface area contributed by atoms with Crippen LogP contribution >= 0.6 is 35.4 Å². The highest BCUT2D eigenvalue weighted by molar-refractivity contribution is 7.71. The van der Waals surface area contributed by atoms with Gasteiger partial charge in [0.2, 0.25) is 4.77 Å². The van der Waals surface area contributed by atoms with E-state index in [0.29, 0.717) is 20.6 Å². The predicted molar refractivity (Wildman–Crippen MR) is 92.3 cm³/mol. The molecule has 0 spiro atoms. The van der Waals surface area contributed by atoms with E-state index in [1.165, 1.54) is 4.68 Å². The minimum absolute atomic E-state index is 0.387. The van der Waals surface area contributed by atoms with E-state index in [9.17, 15) is 0 Å². The van der Waals surface area contributed by atoms with Crippen LogP contribution in [0.1, 0.15) is 5.56 Å². The maximum absolute atomic E-state index is 6.11. The number of hydrogen-bond donors (Lipinski definition) is 1. The fourth-order valence-corrected chi connectivity index (χ4v) is 2.47. The lowest BCUT2D eigenvalue weighted by Crippen LogP contribution is -1.95. The molecule has 1 N–H and O–H groups in total. The Morgan fingerprint density at radius 2 is 1.95 bits per heavy atom. The van der Waals surface area contributed by atoms with Crippen molar-refractivity contribution in [3.8, 4) is 11.4 Å². The Labute approximate surface area is 142 Å². The summed E-state index contributed by atoms with van der Waals surface area (Å²) in [5, 5.41) is 12.5. The number of H-pyrrole nitrogens is 1. The lowest BCUT2D eigenvalue weighted by molar-refractivity contribution is 0.871. The van der Waals surface area contributed by atoms with Gasteiger partial charge in [-0.15, -0.1) is 0 Å². The Hall–Kier alpha value is -1.95. The van der Waals surface area contributed by atoms with Crippen LogP contribution in [0.3, 0.4) is 0 Å². The number of hydrogen-bond acceptors (Lipinski definition) is 3. The molecule has 0 atom stereocenters. The van der Waals surface area contributed by atoms with Gasteiger partial charge in [-0.1, -0.05) is 53.5 Å². The molecule has 0 fully saturated rings. The van der Waals surface area contributed by atoms with Crippen LogP contribution in [0.5, 0.6) is 0 Å². The van der Waals surface area contributed by atoms with Gasteiger partial charge in [-0.25, -0.2) is 5.10 Å². The molecule has 2 aromatic carbocycles. The largest absolute Gasteiger partial charge is 0.250 e. The van der Waals surface area contributed by atoms with E-state index in [2.05, 4.69) is 15.3 Å². The minimum atomic E-state index is 0.387. The SMILES string of the molecule is S=c1[nH]nc(-c2cccc(Cl)c2)n1N=Cc1ccccc1Cl. The molecule has 7 heteroatoms. The van der Waals surface area contributed by atoms with Crippen molar-refractivity contribution in [1.82, 2.24) is 14.9 Å². The van der Waals surface area contributed by atoms with E-state index in [1.807, 2.05) is 30.3 Å². The summed E-state index contributed by atoms with van der Waals surface area (Å²) in [5.74, 6) is 0.579. The smallest absolute Gasteiger partial charge is 0.216 e. The van der Waals surface area contributed by atoms with Crippen molar-refractivity contribution in [2.45, 2.75) is 0 Å². The number of rotatable bonds is 3. The normalized spacial score (nSPS) is 11.2. The van der Waals surface area contributed by atoms with Crippen molar-refractivity contribution in [2.75, 3.05) is 0 Å². The molecule has 0 amide bonds. The van der Waals surface area contributed by atoms with Gasteiger partial charge in [0.15, 0.2) is 5.82 Å². The number of nitrogens with zero attached hydrogens (tertiary/aromatic N) is 3. The van der Waals surface area contributed by atoms with Crippen molar-refractivity contribution in [1.29, 1.82) is 0 Å². The molecule has 0 aliphatic heterocycles. The zero-order valence-electron chi connectivity index (χ0n) is 11.2. The molecule has 0 bridgehead atoms. The third kappa shape index (κ3) is 3.11. The minimum Gasteiger partial charge on any atom is -0.250 e. The van der Waals surface area contributed by atoms with Crippen molar-refractivity contribution in [2.24, 2.45) is 5.10 Å². The van der Waals surface area contributed by atoms with E-state index in [1.54, 1.807) is 24.4 Å². The zero-order chi connectivity index (χ0) is 15.5. The fourth-order valence-electron chi connectivity index (χ4n) is 1.91. The van der Waals surface area contributed by atoms with Crippen molar-refractivity contribution >= 4 is 41.6 Å². The lowest BCUT2D eigenvalue weighted by atomic mass is 10.2. The van der Waals surface area contributed by atoms with Gasteiger partial charge in [0.25, 0.3) is 0 Å². The van der Waals surface area contributed by atoms with Gasteiger partial charge >= 0.3 is 0 Å². The van der Waals surface area contributed by atoms with Crippen LogP contribution in [0.25, 0.3) is 11.4 Å². The van der Waals surface area contributed by atoms with Gasteiger partial charge in [-0.05, 0) is 30.4 Å². The average molecular weight is 349 g/mol. The highest BCUT2D eigenvalue weighted by Crippen LogP contribution is 2.21. The van der Waals surface area contributed by atoms with Gasteiger partial charge in [-0.3, -0.25) is 0 Å². The van der Waals surface area contributed by atoms with Crippen LogP contribution in [-0.2, 0) is 0 Å². The summed E-state index contributed by atoms with van der Waals surface area (Å²) in [4.78, 5) is 0. The molecular formula is C15H10Cl2N4S. The first-order chi connectivity index (χ1) is 10.6. The quantitative estimate of drug-likeness (QED) is 0.545. The number of benzene rings is 2. The number of halogens is 2. The number of aromatic nitrogens is 3. The predicted octanol–water partition coefficient (Wildman–Crippen LogP) is 4.80. The monoisotopic (exact) mass is 348 g/mol. The van der Waals surface area contributed by atoms with E-state index in [4.69, 9.17) is 35.4 Å². The second-order valence-corrected chi connectivity index (χ2v) is 5.67. The zero-order valence-corrected chi connectivity index (χ0v) is 13.5. The lowest BCUT2D eigenvalue weighted by Gasteiger charge is -2.02. The molecule has 0 radical (unpaired) electrons. The molecule has 110 valence electrons. The third-order valence-corrected chi connectivity index (χ3v) is 3.79. The number of nitrogens with one attached hydrogen (secondary N) is 1. The Morgan fingerprint density at radius 1 is 1.14 bits per heavy atom. The Bertz CT molecular complexity index is 898.